The molecule has 0 aromatic heterocycles. The molecule has 0 aliphatic heterocycles. The van der Waals surface area contributed by atoms with Crippen molar-refractivity contribution in [2.24, 2.45) is 0 Å². The fraction of sp³-hybridized carbons (Fsp3) is 0.222. The van der Waals surface area contributed by atoms with Gasteiger partial charge < -0.3 is 5.11 Å². The van der Waals surface area contributed by atoms with Gasteiger partial charge in [0.1, 0.15) is 12.2 Å². The lowest BCUT2D eigenvalue weighted by molar-refractivity contribution is -0.145. The highest BCUT2D eigenvalue weighted by atomic mass is 79.9. The highest BCUT2D eigenvalue weighted by molar-refractivity contribution is 9.10. The Labute approximate surface area is 91.8 Å². The normalized spacial score (nSPS) is 11.5. The molecule has 0 radical (unpaired) electrons. The summed E-state index contributed by atoms with van der Waals surface area (Å²) in [7, 11) is 0. The molecule has 0 spiro atoms. The first-order chi connectivity index (χ1) is 6.84. The van der Waals surface area contributed by atoms with Gasteiger partial charge in [-0.25, -0.2) is 13.2 Å². The molecular weight excluding hydrogens is 277 g/mol. The number of carbonyl (C=O) groups is 1. The molecule has 0 atom stereocenters. The molecular formula is C9H6BrF3O2. The second-order valence-electron chi connectivity index (χ2n) is 2.87. The number of alkyl halides is 2. The van der Waals surface area contributed by atoms with E-state index in [-0.39, 0.29) is 4.47 Å². The minimum absolute atomic E-state index is 0.145. The van der Waals surface area contributed by atoms with Gasteiger partial charge in [0.05, 0.1) is 5.56 Å². The molecule has 2 nitrogen and oxygen atoms in total. The molecule has 0 amide bonds. The molecule has 0 unspecified atom stereocenters. The van der Waals surface area contributed by atoms with Gasteiger partial charge in [-0.05, 0) is 12.1 Å². The molecule has 15 heavy (non-hydrogen) atoms. The SMILES string of the molecule is O=C(O)CC(F)(F)c1c(F)cccc1Br. The van der Waals surface area contributed by atoms with Crippen molar-refractivity contribution in [2.45, 2.75) is 12.3 Å². The van der Waals surface area contributed by atoms with Crippen LogP contribution in [-0.4, -0.2) is 11.1 Å². The third-order valence-corrected chi connectivity index (χ3v) is 2.36. The number of aliphatic carboxylic acids is 1. The number of halogens is 4. The Morgan fingerprint density at radius 1 is 1.47 bits per heavy atom. The third kappa shape index (κ3) is 2.71. The summed E-state index contributed by atoms with van der Waals surface area (Å²) in [5, 5.41) is 8.27. The van der Waals surface area contributed by atoms with Crippen molar-refractivity contribution < 1.29 is 23.1 Å². The van der Waals surface area contributed by atoms with Crippen molar-refractivity contribution in [2.75, 3.05) is 0 Å². The van der Waals surface area contributed by atoms with Crippen LogP contribution in [-0.2, 0) is 10.7 Å². The Morgan fingerprint density at radius 2 is 2.07 bits per heavy atom. The van der Waals surface area contributed by atoms with E-state index in [1.807, 2.05) is 0 Å². The van der Waals surface area contributed by atoms with Gasteiger partial charge in [0.25, 0.3) is 5.92 Å². The van der Waals surface area contributed by atoms with Crippen molar-refractivity contribution >= 4 is 21.9 Å². The van der Waals surface area contributed by atoms with Crippen molar-refractivity contribution in [1.29, 1.82) is 0 Å². The lowest BCUT2D eigenvalue weighted by Gasteiger charge is -2.16. The monoisotopic (exact) mass is 282 g/mol. The predicted molar refractivity (Wildman–Crippen MR) is 50.2 cm³/mol. The Kier molecular flexibility index (Phi) is 3.38. The number of rotatable bonds is 3. The van der Waals surface area contributed by atoms with Gasteiger partial charge in [0, 0.05) is 4.47 Å². The van der Waals surface area contributed by atoms with Gasteiger partial charge >= 0.3 is 5.97 Å². The zero-order chi connectivity index (χ0) is 11.6. The van der Waals surface area contributed by atoms with Gasteiger partial charge in [0.15, 0.2) is 0 Å². The minimum Gasteiger partial charge on any atom is -0.481 e. The minimum atomic E-state index is -3.73. The standard InChI is InChI=1S/C9H6BrF3O2/c10-5-2-1-3-6(11)8(5)9(12,13)4-7(14)15/h1-3H,4H2,(H,14,15). The van der Waals surface area contributed by atoms with Crippen LogP contribution in [0.2, 0.25) is 0 Å². The molecule has 82 valence electrons. The quantitative estimate of drug-likeness (QED) is 0.925. The third-order valence-electron chi connectivity index (χ3n) is 1.70. The van der Waals surface area contributed by atoms with Crippen molar-refractivity contribution in [3.05, 3.63) is 34.1 Å². The van der Waals surface area contributed by atoms with Gasteiger partial charge in [-0.15, -0.1) is 0 Å². The van der Waals surface area contributed by atoms with E-state index < -0.39 is 29.7 Å². The van der Waals surface area contributed by atoms with Gasteiger partial charge in [-0.1, -0.05) is 22.0 Å². The van der Waals surface area contributed by atoms with Crippen molar-refractivity contribution in [3.8, 4) is 0 Å². The Hall–Kier alpha value is -1.04. The van der Waals surface area contributed by atoms with Crippen LogP contribution in [0.3, 0.4) is 0 Å². The topological polar surface area (TPSA) is 37.3 Å². The van der Waals surface area contributed by atoms with E-state index in [1.54, 1.807) is 0 Å². The molecule has 0 heterocycles. The van der Waals surface area contributed by atoms with Crippen LogP contribution in [0.5, 0.6) is 0 Å². The fourth-order valence-corrected chi connectivity index (χ4v) is 1.76. The van der Waals surface area contributed by atoms with Gasteiger partial charge in [-0.3, -0.25) is 4.79 Å². The van der Waals surface area contributed by atoms with Crippen LogP contribution >= 0.6 is 15.9 Å². The second kappa shape index (κ2) is 4.22. The molecule has 0 bridgehead atoms. The smallest absolute Gasteiger partial charge is 0.309 e. The van der Waals surface area contributed by atoms with E-state index in [0.717, 1.165) is 6.07 Å². The Balaban J connectivity index is 3.19. The average molecular weight is 283 g/mol. The summed E-state index contributed by atoms with van der Waals surface area (Å²) < 4.78 is 39.5. The summed E-state index contributed by atoms with van der Waals surface area (Å²) in [6.45, 7) is 0. The number of benzene rings is 1. The largest absolute Gasteiger partial charge is 0.481 e. The van der Waals surface area contributed by atoms with Gasteiger partial charge in [0.2, 0.25) is 0 Å². The maximum absolute atomic E-state index is 13.3. The number of carboxylic acids is 1. The highest BCUT2D eigenvalue weighted by Crippen LogP contribution is 2.37. The molecule has 6 heteroatoms. The summed E-state index contributed by atoms with van der Waals surface area (Å²) in [5.41, 5.74) is -0.924. The lowest BCUT2D eigenvalue weighted by Crippen LogP contribution is -2.20. The molecule has 1 rings (SSSR count). The molecule has 0 fully saturated rings. The van der Waals surface area contributed by atoms with E-state index in [0.29, 0.717) is 0 Å². The average Bonchev–Trinajstić information content (AvgIpc) is 1.99. The van der Waals surface area contributed by atoms with Crippen LogP contribution in [0.1, 0.15) is 12.0 Å². The molecule has 0 aliphatic carbocycles. The summed E-state index contributed by atoms with van der Waals surface area (Å²) in [6, 6.07) is 3.34. The summed E-state index contributed by atoms with van der Waals surface area (Å²) in [5.74, 6) is -6.54. The predicted octanol–water partition coefficient (Wildman–Crippen LogP) is 3.15. The zero-order valence-corrected chi connectivity index (χ0v) is 8.89. The van der Waals surface area contributed by atoms with Crippen molar-refractivity contribution in [3.63, 3.8) is 0 Å². The summed E-state index contributed by atoms with van der Waals surface area (Å²) in [4.78, 5) is 10.2. The molecule has 0 saturated heterocycles. The van der Waals surface area contributed by atoms with Crippen LogP contribution in [0.15, 0.2) is 22.7 Å². The first-order valence-corrected chi connectivity index (χ1v) is 4.68. The lowest BCUT2D eigenvalue weighted by atomic mass is 10.1. The van der Waals surface area contributed by atoms with Crippen LogP contribution in [0.25, 0.3) is 0 Å². The first-order valence-electron chi connectivity index (χ1n) is 3.88. The Morgan fingerprint density at radius 3 is 2.53 bits per heavy atom. The maximum Gasteiger partial charge on any atom is 0.309 e. The Bertz CT molecular complexity index is 373. The van der Waals surface area contributed by atoms with E-state index in [2.05, 4.69) is 15.9 Å². The van der Waals surface area contributed by atoms with Crippen LogP contribution in [0.4, 0.5) is 13.2 Å². The summed E-state index contributed by atoms with van der Waals surface area (Å²) in [6.07, 6.45) is -1.44. The molecule has 0 aliphatic rings. The fourth-order valence-electron chi connectivity index (χ4n) is 1.13. The van der Waals surface area contributed by atoms with Crippen molar-refractivity contribution in [1.82, 2.24) is 0 Å². The number of hydrogen-bond donors (Lipinski definition) is 1. The molecule has 1 aromatic rings. The molecule has 1 N–H and O–H groups in total. The maximum atomic E-state index is 13.3. The van der Waals surface area contributed by atoms with E-state index >= 15 is 0 Å². The summed E-state index contributed by atoms with van der Waals surface area (Å²) >= 11 is 2.76. The second-order valence-corrected chi connectivity index (χ2v) is 3.73. The van der Waals surface area contributed by atoms with E-state index in [1.165, 1.54) is 12.1 Å². The number of hydrogen-bond acceptors (Lipinski definition) is 1. The van der Waals surface area contributed by atoms with Crippen LogP contribution in [0, 0.1) is 5.82 Å². The molecule has 1 aromatic carbocycles. The van der Waals surface area contributed by atoms with Crippen LogP contribution < -0.4 is 0 Å². The zero-order valence-electron chi connectivity index (χ0n) is 7.31. The van der Waals surface area contributed by atoms with E-state index in [4.69, 9.17) is 5.11 Å². The highest BCUT2D eigenvalue weighted by Gasteiger charge is 2.38. The number of carboxylic acid groups (broad SMARTS) is 1. The van der Waals surface area contributed by atoms with Gasteiger partial charge in [-0.2, -0.15) is 0 Å². The first kappa shape index (κ1) is 12.0. The molecule has 0 saturated carbocycles. The van der Waals surface area contributed by atoms with E-state index in [9.17, 15) is 18.0 Å².